The van der Waals surface area contributed by atoms with Gasteiger partial charge in [0, 0.05) is 30.2 Å². The summed E-state index contributed by atoms with van der Waals surface area (Å²) in [6.45, 7) is 20.0. The molecule has 3 aliphatic heterocycles. The summed E-state index contributed by atoms with van der Waals surface area (Å²) in [5, 5.41) is 13.0. The first kappa shape index (κ1) is 51.5. The third-order valence-corrected chi connectivity index (χ3v) is 20.3. The van der Waals surface area contributed by atoms with Crippen LogP contribution in [0.5, 0.6) is 0 Å². The predicted octanol–water partition coefficient (Wildman–Crippen LogP) is 8.11. The molecule has 0 unspecified atom stereocenters. The van der Waals surface area contributed by atoms with Gasteiger partial charge in [-0.25, -0.2) is 9.59 Å². The highest BCUT2D eigenvalue weighted by Crippen LogP contribution is 2.47. The molecule has 0 bridgehead atoms. The predicted molar refractivity (Wildman–Crippen MR) is 268 cm³/mol. The number of benzene rings is 3. The molecule has 15 nitrogen and oxygen atoms in total. The lowest BCUT2D eigenvalue weighted by Crippen LogP contribution is -2.54. The van der Waals surface area contributed by atoms with E-state index in [0.29, 0.717) is 50.1 Å². The highest BCUT2D eigenvalue weighted by Gasteiger charge is 2.42. The number of methoxy groups -OCH3 is 2. The van der Waals surface area contributed by atoms with Crippen molar-refractivity contribution in [2.24, 2.45) is 11.8 Å². The summed E-state index contributed by atoms with van der Waals surface area (Å²) in [4.78, 5) is 84.4. The van der Waals surface area contributed by atoms with Crippen molar-refractivity contribution in [1.29, 1.82) is 0 Å². The van der Waals surface area contributed by atoms with Crippen LogP contribution in [0, 0.1) is 11.8 Å². The number of alkyl carbamates (subject to hydrolysis) is 2. The van der Waals surface area contributed by atoms with Crippen molar-refractivity contribution in [2.75, 3.05) is 42.8 Å². The lowest BCUT2D eigenvalue weighted by molar-refractivity contribution is -0.139. The Morgan fingerprint density at radius 3 is 1.31 bits per heavy atom. The Bertz CT molecular complexity index is 2150. The third kappa shape index (κ3) is 11.3. The fraction of sp³-hybridized carbons (Fsp3) is 0.538. The average molecular weight is 952 g/mol. The second-order valence-electron chi connectivity index (χ2n) is 20.8. The van der Waals surface area contributed by atoms with Gasteiger partial charge in [-0.15, -0.1) is 0 Å². The summed E-state index contributed by atoms with van der Waals surface area (Å²) in [6.07, 6.45) is 2.78. The fourth-order valence-electron chi connectivity index (χ4n) is 9.70. The zero-order valence-electron chi connectivity index (χ0n) is 41.8. The number of carbonyl (C=O) groups is 6. The lowest BCUT2D eigenvalue weighted by Gasteiger charge is -2.38. The van der Waals surface area contributed by atoms with E-state index in [1.54, 1.807) is 9.80 Å². The van der Waals surface area contributed by atoms with Crippen LogP contribution in [-0.2, 0) is 28.7 Å². The van der Waals surface area contributed by atoms with Gasteiger partial charge in [0.1, 0.15) is 24.2 Å². The highest BCUT2D eigenvalue weighted by atomic mass is 28.3. The SMILES string of the molecule is COC(=O)N[C@H](C(=O)N1CCC[C@H]1C(=O)Nc1ccc([C@H]2CC[C@@H](c3ccc(NC(=O)[C@@H]4CCCN4C(=O)[C@@H](NC(=O)OC)C(C)C)cc3)N2c2ccc([Si](C)(C)C(C)(C)C)cc2)cc1)C(C)C. The van der Waals surface area contributed by atoms with Gasteiger partial charge in [-0.05, 0) is 103 Å². The molecule has 0 radical (unpaired) electrons. The molecule has 3 heterocycles. The number of rotatable bonds is 14. The molecule has 3 aromatic rings. The van der Waals surface area contributed by atoms with Crippen LogP contribution in [0.15, 0.2) is 72.8 Å². The van der Waals surface area contributed by atoms with Gasteiger partial charge < -0.3 is 45.4 Å². The van der Waals surface area contributed by atoms with Crippen molar-refractivity contribution in [2.45, 2.75) is 141 Å². The molecule has 3 aromatic carbocycles. The Morgan fingerprint density at radius 2 is 0.971 bits per heavy atom. The molecule has 3 saturated heterocycles. The van der Waals surface area contributed by atoms with E-state index in [1.807, 2.05) is 52.0 Å². The van der Waals surface area contributed by atoms with Crippen molar-refractivity contribution >= 4 is 66.1 Å². The number of ether oxygens (including phenoxy) is 2. The molecule has 0 spiro atoms. The first-order valence-corrected chi connectivity index (χ1v) is 27.2. The van der Waals surface area contributed by atoms with Gasteiger partial charge in [0.25, 0.3) is 0 Å². The Kier molecular flexibility index (Phi) is 16.3. The van der Waals surface area contributed by atoms with E-state index >= 15 is 0 Å². The minimum atomic E-state index is -1.80. The number of hydrogen-bond acceptors (Lipinski definition) is 9. The largest absolute Gasteiger partial charge is 0.453 e. The molecule has 368 valence electrons. The van der Waals surface area contributed by atoms with Crippen LogP contribution >= 0.6 is 0 Å². The first-order chi connectivity index (χ1) is 32.2. The number of carbonyl (C=O) groups excluding carboxylic acids is 6. The monoisotopic (exact) mass is 952 g/mol. The summed E-state index contributed by atoms with van der Waals surface area (Å²) >= 11 is 0. The Morgan fingerprint density at radius 1 is 0.588 bits per heavy atom. The second-order valence-corrected chi connectivity index (χ2v) is 26.1. The van der Waals surface area contributed by atoms with E-state index in [1.165, 1.54) is 19.4 Å². The van der Waals surface area contributed by atoms with E-state index in [2.05, 4.69) is 109 Å². The molecule has 6 amide bonds. The zero-order valence-corrected chi connectivity index (χ0v) is 42.8. The number of anilines is 3. The van der Waals surface area contributed by atoms with E-state index in [-0.39, 0.29) is 52.6 Å². The van der Waals surface area contributed by atoms with Crippen LogP contribution in [0.2, 0.25) is 18.1 Å². The molecule has 16 heteroatoms. The van der Waals surface area contributed by atoms with Crippen LogP contribution in [0.1, 0.15) is 110 Å². The van der Waals surface area contributed by atoms with Crippen LogP contribution in [-0.4, -0.2) is 105 Å². The minimum absolute atomic E-state index is 0.0234. The maximum absolute atomic E-state index is 13.7. The maximum atomic E-state index is 13.7. The number of likely N-dealkylation sites (tertiary alicyclic amines) is 2. The lowest BCUT2D eigenvalue weighted by atomic mass is 10.0. The smallest absolute Gasteiger partial charge is 0.407 e. The molecular formula is C52H73N7O8Si. The standard InChI is InChI=1S/C52H73N7O8Si/c1-32(2)44(55-50(64)66-8)48(62)57-30-12-14-42(57)46(60)53-36-20-16-34(17-21-36)40-28-29-41(59(40)38-24-26-39(27-25-38)68(10,11)52(5,6)7)35-18-22-37(23-19-35)54-47(61)43-15-13-31-58(43)49(63)45(33(3)4)56-51(65)67-9/h16-27,32-33,40-45H,12-15,28-31H2,1-11H3,(H,53,60)(H,54,61)(H,55,64)(H,56,65)/t40-,41+,42-,43-,44-,45-/m0/s1. The van der Waals surface area contributed by atoms with Gasteiger partial charge >= 0.3 is 12.2 Å². The number of nitrogens with zero attached hydrogens (tertiary/aromatic N) is 3. The topological polar surface area (TPSA) is 179 Å². The highest BCUT2D eigenvalue weighted by molar-refractivity contribution is 6.92. The van der Waals surface area contributed by atoms with Crippen molar-refractivity contribution in [1.82, 2.24) is 20.4 Å². The van der Waals surface area contributed by atoms with Crippen LogP contribution in [0.3, 0.4) is 0 Å². The molecule has 0 aliphatic carbocycles. The molecule has 3 aliphatic rings. The third-order valence-electron chi connectivity index (χ3n) is 14.7. The number of hydrogen-bond donors (Lipinski definition) is 4. The van der Waals surface area contributed by atoms with E-state index in [4.69, 9.17) is 9.47 Å². The van der Waals surface area contributed by atoms with Gasteiger partial charge in [0.15, 0.2) is 0 Å². The van der Waals surface area contributed by atoms with Gasteiger partial charge in [-0.2, -0.15) is 0 Å². The normalized spacial score (nSPS) is 20.5. The molecule has 6 rings (SSSR count). The zero-order chi connectivity index (χ0) is 49.7. The van der Waals surface area contributed by atoms with Gasteiger partial charge in [0.2, 0.25) is 23.6 Å². The summed E-state index contributed by atoms with van der Waals surface area (Å²) in [7, 11) is 0.710. The van der Waals surface area contributed by atoms with Gasteiger partial charge in [-0.1, -0.05) is 103 Å². The second kappa shape index (κ2) is 21.6. The van der Waals surface area contributed by atoms with E-state index in [0.717, 1.165) is 29.7 Å². The van der Waals surface area contributed by atoms with Crippen LogP contribution in [0.4, 0.5) is 26.7 Å². The van der Waals surface area contributed by atoms with Gasteiger partial charge in [-0.3, -0.25) is 19.2 Å². The summed E-state index contributed by atoms with van der Waals surface area (Å²) in [5.41, 5.74) is 4.57. The van der Waals surface area contributed by atoms with Crippen molar-refractivity contribution in [3.63, 3.8) is 0 Å². The molecular weight excluding hydrogens is 879 g/mol. The summed E-state index contributed by atoms with van der Waals surface area (Å²) in [6, 6.07) is 22.1. The average Bonchev–Trinajstić information content (AvgIpc) is 4.11. The Hall–Kier alpha value is -5.90. The summed E-state index contributed by atoms with van der Waals surface area (Å²) in [5.74, 6) is -1.55. The molecule has 0 aromatic heterocycles. The minimum Gasteiger partial charge on any atom is -0.453 e. The molecule has 0 saturated carbocycles. The van der Waals surface area contributed by atoms with Crippen LogP contribution in [0.25, 0.3) is 0 Å². The van der Waals surface area contributed by atoms with E-state index in [9.17, 15) is 28.8 Å². The quantitative estimate of drug-likeness (QED) is 0.116. The summed E-state index contributed by atoms with van der Waals surface area (Å²) < 4.78 is 9.51. The van der Waals surface area contributed by atoms with Crippen molar-refractivity contribution < 1.29 is 38.2 Å². The number of nitrogens with one attached hydrogen (secondary N) is 4. The first-order valence-electron chi connectivity index (χ1n) is 24.2. The van der Waals surface area contributed by atoms with Gasteiger partial charge in [0.05, 0.1) is 34.4 Å². The fourth-order valence-corrected chi connectivity index (χ4v) is 11.6. The molecule has 6 atom stereocenters. The molecule has 4 N–H and O–H groups in total. The van der Waals surface area contributed by atoms with Crippen LogP contribution < -0.4 is 31.4 Å². The van der Waals surface area contributed by atoms with Crippen molar-refractivity contribution in [3.05, 3.63) is 83.9 Å². The van der Waals surface area contributed by atoms with E-state index < -0.39 is 44.4 Å². The molecule has 3 fully saturated rings. The Balaban J connectivity index is 1.20. The Labute approximate surface area is 403 Å². The van der Waals surface area contributed by atoms with Crippen molar-refractivity contribution in [3.8, 4) is 0 Å². The number of amides is 6. The molecule has 68 heavy (non-hydrogen) atoms. The maximum Gasteiger partial charge on any atom is 0.407 e.